The van der Waals surface area contributed by atoms with Gasteiger partial charge in [-0.1, -0.05) is 6.92 Å². The second-order valence-corrected chi connectivity index (χ2v) is 4.10. The van der Waals surface area contributed by atoms with E-state index in [0.29, 0.717) is 5.06 Å². The lowest BCUT2D eigenvalue weighted by Crippen LogP contribution is -2.32. The van der Waals surface area contributed by atoms with Crippen LogP contribution in [0.3, 0.4) is 0 Å². The van der Waals surface area contributed by atoms with Crippen molar-refractivity contribution >= 4 is 29.5 Å². The van der Waals surface area contributed by atoms with Crippen molar-refractivity contribution in [2.45, 2.75) is 39.0 Å². The number of rotatable bonds is 7. The molecule has 1 rings (SSSR count). The minimum Gasteiger partial charge on any atom is -0.458 e. The van der Waals surface area contributed by atoms with Gasteiger partial charge in [0, 0.05) is 19.3 Å². The van der Waals surface area contributed by atoms with Crippen LogP contribution in [0.1, 0.15) is 39.0 Å². The van der Waals surface area contributed by atoms with E-state index < -0.39 is 23.8 Å². The van der Waals surface area contributed by atoms with E-state index >= 15 is 0 Å². The molecule has 0 saturated carbocycles. The van der Waals surface area contributed by atoms with Gasteiger partial charge in [0.05, 0.1) is 12.8 Å². The van der Waals surface area contributed by atoms with Crippen LogP contribution in [0.15, 0.2) is 0 Å². The number of ether oxygens (including phenoxy) is 1. The van der Waals surface area contributed by atoms with Crippen molar-refractivity contribution < 1.29 is 33.5 Å². The molecular weight excluding hydrogens is 270 g/mol. The smallest absolute Gasteiger partial charge is 0.333 e. The highest BCUT2D eigenvalue weighted by Gasteiger charge is 2.32. The summed E-state index contributed by atoms with van der Waals surface area (Å²) in [5.74, 6) is -3.00. The number of hydrogen-bond acceptors (Lipinski definition) is 7. The average Bonchev–Trinajstić information content (AvgIpc) is 2.74. The van der Waals surface area contributed by atoms with Gasteiger partial charge in [-0.2, -0.15) is 0 Å². The first-order valence-corrected chi connectivity index (χ1v) is 6.18. The maximum atomic E-state index is 11.3. The van der Waals surface area contributed by atoms with Gasteiger partial charge >= 0.3 is 11.9 Å². The van der Waals surface area contributed by atoms with Crippen LogP contribution in [0.25, 0.3) is 0 Å². The molecule has 8 heteroatoms. The van der Waals surface area contributed by atoms with Crippen LogP contribution in [0.5, 0.6) is 0 Å². The van der Waals surface area contributed by atoms with E-state index in [9.17, 15) is 24.0 Å². The van der Waals surface area contributed by atoms with Crippen molar-refractivity contribution in [1.82, 2.24) is 5.06 Å². The zero-order chi connectivity index (χ0) is 15.1. The Morgan fingerprint density at radius 2 is 1.60 bits per heavy atom. The van der Waals surface area contributed by atoms with Gasteiger partial charge in [-0.25, -0.2) is 4.79 Å². The first-order chi connectivity index (χ1) is 9.43. The lowest BCUT2D eigenvalue weighted by molar-refractivity contribution is -0.197. The Morgan fingerprint density at radius 3 is 2.15 bits per heavy atom. The molecule has 1 saturated heterocycles. The molecule has 0 bridgehead atoms. The van der Waals surface area contributed by atoms with Crippen LogP contribution in [-0.2, 0) is 33.5 Å². The molecule has 1 aliphatic rings. The molecule has 2 amide bonds. The summed E-state index contributed by atoms with van der Waals surface area (Å²) in [7, 11) is 0. The number of esters is 1. The number of ketones is 1. The van der Waals surface area contributed by atoms with Gasteiger partial charge in [0.25, 0.3) is 11.8 Å². The highest BCUT2D eigenvalue weighted by Crippen LogP contribution is 2.13. The van der Waals surface area contributed by atoms with E-state index in [2.05, 4.69) is 9.57 Å². The summed E-state index contributed by atoms with van der Waals surface area (Å²) >= 11 is 0. The Balaban J connectivity index is 2.26. The van der Waals surface area contributed by atoms with Gasteiger partial charge in [-0.3, -0.25) is 19.2 Å². The van der Waals surface area contributed by atoms with Crippen LogP contribution >= 0.6 is 0 Å². The minimum atomic E-state index is -0.882. The van der Waals surface area contributed by atoms with E-state index in [0.717, 1.165) is 0 Å². The Hall–Kier alpha value is -2.25. The van der Waals surface area contributed by atoms with Crippen LogP contribution < -0.4 is 0 Å². The highest BCUT2D eigenvalue weighted by molar-refractivity contribution is 6.01. The van der Waals surface area contributed by atoms with Crippen molar-refractivity contribution in [2.75, 3.05) is 6.61 Å². The quantitative estimate of drug-likeness (QED) is 0.474. The fourth-order valence-electron chi connectivity index (χ4n) is 1.34. The predicted octanol–water partition coefficient (Wildman–Crippen LogP) is -0.104. The molecule has 0 unspecified atom stereocenters. The Labute approximate surface area is 114 Å². The summed E-state index contributed by atoms with van der Waals surface area (Å²) in [5.41, 5.74) is 0. The lowest BCUT2D eigenvalue weighted by atomic mass is 10.3. The summed E-state index contributed by atoms with van der Waals surface area (Å²) in [5, 5.41) is 0.411. The third-order valence-electron chi connectivity index (χ3n) is 2.52. The standard InChI is InChI=1S/C12H15NO7/c1-2-8(14)7-19-11(17)5-6-12(18)20-13-9(15)3-4-10(13)16/h2-7H2,1H3. The van der Waals surface area contributed by atoms with Crippen LogP contribution in [-0.4, -0.2) is 41.2 Å². The van der Waals surface area contributed by atoms with E-state index in [4.69, 9.17) is 0 Å². The highest BCUT2D eigenvalue weighted by atomic mass is 16.7. The maximum Gasteiger partial charge on any atom is 0.333 e. The lowest BCUT2D eigenvalue weighted by Gasteiger charge is -2.12. The van der Waals surface area contributed by atoms with Crippen LogP contribution in [0.4, 0.5) is 0 Å². The van der Waals surface area contributed by atoms with Crippen molar-refractivity contribution in [1.29, 1.82) is 0 Å². The molecule has 8 nitrogen and oxygen atoms in total. The summed E-state index contributed by atoms with van der Waals surface area (Å²) in [6.07, 6.45) is -0.350. The first kappa shape index (κ1) is 15.8. The number of nitrogens with zero attached hydrogens (tertiary/aromatic N) is 1. The number of hydrogen-bond donors (Lipinski definition) is 0. The zero-order valence-electron chi connectivity index (χ0n) is 11.0. The molecule has 20 heavy (non-hydrogen) atoms. The Bertz CT molecular complexity index is 427. The van der Waals surface area contributed by atoms with E-state index in [-0.39, 0.29) is 44.5 Å². The van der Waals surface area contributed by atoms with E-state index in [1.54, 1.807) is 6.92 Å². The third-order valence-corrected chi connectivity index (χ3v) is 2.52. The number of carbonyl (C=O) groups is 5. The van der Waals surface area contributed by atoms with Crippen molar-refractivity contribution in [2.24, 2.45) is 0 Å². The van der Waals surface area contributed by atoms with Gasteiger partial charge in [0.15, 0.2) is 5.78 Å². The molecule has 1 fully saturated rings. The van der Waals surface area contributed by atoms with Crippen LogP contribution in [0.2, 0.25) is 0 Å². The molecule has 0 radical (unpaired) electrons. The summed E-state index contributed by atoms with van der Waals surface area (Å²) in [6, 6.07) is 0. The number of imide groups is 1. The van der Waals surface area contributed by atoms with Gasteiger partial charge in [0.1, 0.15) is 6.61 Å². The number of hydroxylamine groups is 2. The zero-order valence-corrected chi connectivity index (χ0v) is 11.0. The fourth-order valence-corrected chi connectivity index (χ4v) is 1.34. The normalized spacial score (nSPS) is 14.3. The maximum absolute atomic E-state index is 11.3. The largest absolute Gasteiger partial charge is 0.458 e. The molecule has 0 N–H and O–H groups in total. The summed E-state index contributed by atoms with van der Waals surface area (Å²) in [4.78, 5) is 60.3. The first-order valence-electron chi connectivity index (χ1n) is 6.18. The van der Waals surface area contributed by atoms with Gasteiger partial charge < -0.3 is 9.57 Å². The van der Waals surface area contributed by atoms with Crippen LogP contribution in [0, 0.1) is 0 Å². The molecule has 110 valence electrons. The SMILES string of the molecule is CCC(=O)COC(=O)CCC(=O)ON1C(=O)CCC1=O. The van der Waals surface area contributed by atoms with Gasteiger partial charge in [-0.05, 0) is 0 Å². The number of amides is 2. The number of carbonyl (C=O) groups excluding carboxylic acids is 5. The molecule has 0 aromatic rings. The second-order valence-electron chi connectivity index (χ2n) is 4.10. The summed E-state index contributed by atoms with van der Waals surface area (Å²) < 4.78 is 4.61. The summed E-state index contributed by atoms with van der Waals surface area (Å²) in [6.45, 7) is 1.31. The molecule has 1 aliphatic heterocycles. The molecule has 0 aliphatic carbocycles. The van der Waals surface area contributed by atoms with Gasteiger partial charge in [-0.15, -0.1) is 5.06 Å². The fraction of sp³-hybridized carbons (Fsp3) is 0.583. The molecule has 0 aromatic carbocycles. The second kappa shape index (κ2) is 7.37. The monoisotopic (exact) mass is 285 g/mol. The average molecular weight is 285 g/mol. The topological polar surface area (TPSA) is 107 Å². The molecule has 1 heterocycles. The van der Waals surface area contributed by atoms with E-state index in [1.165, 1.54) is 0 Å². The minimum absolute atomic E-state index is 0.00723. The van der Waals surface area contributed by atoms with Crippen molar-refractivity contribution in [3.63, 3.8) is 0 Å². The third kappa shape index (κ3) is 4.79. The molecular formula is C12H15NO7. The Kier molecular flexibility index (Phi) is 5.82. The number of Topliss-reactive ketones (excluding diaryl/α,β-unsaturated/α-hetero) is 1. The molecule has 0 aromatic heterocycles. The van der Waals surface area contributed by atoms with Crippen molar-refractivity contribution in [3.05, 3.63) is 0 Å². The predicted molar refractivity (Wildman–Crippen MR) is 62.7 cm³/mol. The molecule has 0 spiro atoms. The Morgan fingerprint density at radius 1 is 1.05 bits per heavy atom. The van der Waals surface area contributed by atoms with Gasteiger partial charge in [0.2, 0.25) is 0 Å². The molecule has 0 atom stereocenters. The van der Waals surface area contributed by atoms with Crippen molar-refractivity contribution in [3.8, 4) is 0 Å². The van der Waals surface area contributed by atoms with E-state index in [1.807, 2.05) is 0 Å².